The molecule has 2 aromatic rings. The topological polar surface area (TPSA) is 83.7 Å². The average molecular weight is 204 g/mol. The molecule has 0 amide bonds. The summed E-state index contributed by atoms with van der Waals surface area (Å²) in [5, 5.41) is 13.7. The van der Waals surface area contributed by atoms with Crippen LogP contribution in [0.5, 0.6) is 0 Å². The van der Waals surface area contributed by atoms with Crippen molar-refractivity contribution in [3.8, 4) is 0 Å². The van der Waals surface area contributed by atoms with Crippen LogP contribution >= 0.6 is 0 Å². The zero-order chi connectivity index (χ0) is 10.3. The number of nitrogens with zero attached hydrogens (tertiary/aromatic N) is 2. The number of fused-ring (bicyclic) bond motifs is 1. The van der Waals surface area contributed by atoms with E-state index in [0.717, 1.165) is 5.69 Å². The van der Waals surface area contributed by atoms with E-state index < -0.39 is 0 Å². The number of aromatic nitrogens is 4. The summed E-state index contributed by atoms with van der Waals surface area (Å²) in [6.07, 6.45) is 4.98. The van der Waals surface area contributed by atoms with Crippen LogP contribution in [0, 0.1) is 0 Å². The molecule has 76 valence electrons. The zero-order valence-corrected chi connectivity index (χ0v) is 7.73. The number of aromatic amines is 2. The van der Waals surface area contributed by atoms with E-state index in [0.29, 0.717) is 17.5 Å². The van der Waals surface area contributed by atoms with Gasteiger partial charge in [0.05, 0.1) is 41.6 Å². The maximum atomic E-state index is 11.3. The maximum Gasteiger partial charge on any atom is 0.273 e. The van der Waals surface area contributed by atoms with Gasteiger partial charge in [-0.05, 0) is 6.08 Å². The first-order valence-electron chi connectivity index (χ1n) is 4.56. The summed E-state index contributed by atoms with van der Waals surface area (Å²) in [6.45, 7) is 0.543. The molecule has 3 rings (SSSR count). The Balaban J connectivity index is 2.26. The first-order chi connectivity index (χ1) is 7.36. The van der Waals surface area contributed by atoms with Gasteiger partial charge in [-0.3, -0.25) is 15.0 Å². The van der Waals surface area contributed by atoms with Crippen LogP contribution in [-0.4, -0.2) is 27.0 Å². The second-order valence-corrected chi connectivity index (χ2v) is 3.37. The van der Waals surface area contributed by atoms with Crippen LogP contribution in [0.3, 0.4) is 0 Å². The number of hydrogen-bond donors (Lipinski definition) is 2. The number of nitrogens with one attached hydrogen (secondary N) is 2. The monoisotopic (exact) mass is 204 g/mol. The van der Waals surface area contributed by atoms with E-state index in [2.05, 4.69) is 20.4 Å². The highest BCUT2D eigenvalue weighted by Crippen LogP contribution is 2.23. The van der Waals surface area contributed by atoms with E-state index in [9.17, 15) is 4.79 Å². The molecule has 0 bridgehead atoms. The largest absolute Gasteiger partial charge is 0.500 e. The lowest BCUT2D eigenvalue weighted by Gasteiger charge is -2.04. The standard InChI is InChI=1S/C9H8N4O2/c14-9-6-3-10-11-7(8(6)12-13-9)5-1-2-15-4-5/h1-3,5H,4H2,(H2,12,13,14). The van der Waals surface area contributed by atoms with Crippen molar-refractivity contribution in [2.75, 3.05) is 6.61 Å². The summed E-state index contributed by atoms with van der Waals surface area (Å²) < 4.78 is 5.12. The van der Waals surface area contributed by atoms with Crippen LogP contribution < -0.4 is 5.56 Å². The van der Waals surface area contributed by atoms with E-state index in [1.165, 1.54) is 6.20 Å². The molecule has 0 fully saturated rings. The SMILES string of the molecule is O=c1[nH][nH]c2c(C3C=COC3)nncc12. The highest BCUT2D eigenvalue weighted by molar-refractivity contribution is 5.79. The third kappa shape index (κ3) is 1.14. The molecule has 2 N–H and O–H groups in total. The zero-order valence-electron chi connectivity index (χ0n) is 7.73. The van der Waals surface area contributed by atoms with Gasteiger partial charge in [-0.15, -0.1) is 0 Å². The van der Waals surface area contributed by atoms with Crippen molar-refractivity contribution in [1.29, 1.82) is 0 Å². The lowest BCUT2D eigenvalue weighted by molar-refractivity contribution is 0.268. The molecule has 15 heavy (non-hydrogen) atoms. The van der Waals surface area contributed by atoms with Crippen molar-refractivity contribution in [2.45, 2.75) is 5.92 Å². The van der Waals surface area contributed by atoms with Gasteiger partial charge in [0.2, 0.25) is 0 Å². The van der Waals surface area contributed by atoms with Crippen LogP contribution in [0.4, 0.5) is 0 Å². The summed E-state index contributed by atoms with van der Waals surface area (Å²) in [4.78, 5) is 11.3. The third-order valence-electron chi connectivity index (χ3n) is 2.46. The minimum atomic E-state index is -0.177. The molecular weight excluding hydrogens is 196 g/mol. The number of ether oxygens (including phenoxy) is 1. The Labute approximate surface area is 84.0 Å². The Bertz CT molecular complexity index is 583. The van der Waals surface area contributed by atoms with Gasteiger partial charge in [0.15, 0.2) is 0 Å². The second-order valence-electron chi connectivity index (χ2n) is 3.37. The molecule has 1 atom stereocenters. The quantitative estimate of drug-likeness (QED) is 0.698. The van der Waals surface area contributed by atoms with Gasteiger partial charge in [-0.1, -0.05) is 0 Å². The van der Waals surface area contributed by atoms with Crippen LogP contribution in [0.2, 0.25) is 0 Å². The Kier molecular flexibility index (Phi) is 1.61. The molecule has 1 unspecified atom stereocenters. The van der Waals surface area contributed by atoms with Crippen molar-refractivity contribution in [3.63, 3.8) is 0 Å². The highest BCUT2D eigenvalue weighted by Gasteiger charge is 2.19. The first-order valence-corrected chi connectivity index (χ1v) is 4.56. The summed E-state index contributed by atoms with van der Waals surface area (Å²) in [7, 11) is 0. The Morgan fingerprint density at radius 1 is 1.47 bits per heavy atom. The van der Waals surface area contributed by atoms with Crippen LogP contribution in [0.1, 0.15) is 11.6 Å². The molecule has 2 aromatic heterocycles. The predicted molar refractivity (Wildman–Crippen MR) is 52.3 cm³/mol. The van der Waals surface area contributed by atoms with Crippen LogP contribution in [-0.2, 0) is 4.74 Å². The smallest absolute Gasteiger partial charge is 0.273 e. The summed E-state index contributed by atoms with van der Waals surface area (Å²) >= 11 is 0. The Morgan fingerprint density at radius 2 is 2.40 bits per heavy atom. The average Bonchev–Trinajstić information content (AvgIpc) is 2.88. The van der Waals surface area contributed by atoms with Gasteiger partial charge in [-0.2, -0.15) is 10.2 Å². The van der Waals surface area contributed by atoms with Gasteiger partial charge in [0.25, 0.3) is 5.56 Å². The molecule has 0 saturated carbocycles. The Hall–Kier alpha value is -2.11. The molecule has 1 aliphatic rings. The number of rotatable bonds is 1. The van der Waals surface area contributed by atoms with Gasteiger partial charge in [-0.25, -0.2) is 0 Å². The molecule has 0 spiro atoms. The molecule has 6 heteroatoms. The molecule has 0 radical (unpaired) electrons. The lowest BCUT2D eigenvalue weighted by Crippen LogP contribution is -2.04. The molecule has 0 aliphatic carbocycles. The van der Waals surface area contributed by atoms with Crippen LogP contribution in [0.25, 0.3) is 10.9 Å². The summed E-state index contributed by atoms with van der Waals surface area (Å²) in [5.74, 6) is 0.0626. The summed E-state index contributed by atoms with van der Waals surface area (Å²) in [6, 6.07) is 0. The maximum absolute atomic E-state index is 11.3. The normalized spacial score (nSPS) is 19.6. The van der Waals surface area contributed by atoms with Crippen molar-refractivity contribution in [1.82, 2.24) is 20.4 Å². The van der Waals surface area contributed by atoms with E-state index in [4.69, 9.17) is 4.74 Å². The van der Waals surface area contributed by atoms with Crippen molar-refractivity contribution < 1.29 is 4.74 Å². The fraction of sp³-hybridized carbons (Fsp3) is 0.222. The van der Waals surface area contributed by atoms with E-state index in [1.54, 1.807) is 6.26 Å². The second kappa shape index (κ2) is 2.94. The fourth-order valence-electron chi connectivity index (χ4n) is 1.69. The third-order valence-corrected chi connectivity index (χ3v) is 2.46. The van der Waals surface area contributed by atoms with Crippen molar-refractivity contribution in [3.05, 3.63) is 34.6 Å². The minimum Gasteiger partial charge on any atom is -0.500 e. The van der Waals surface area contributed by atoms with E-state index in [1.807, 2.05) is 6.08 Å². The molecule has 1 aliphatic heterocycles. The van der Waals surface area contributed by atoms with E-state index in [-0.39, 0.29) is 11.5 Å². The highest BCUT2D eigenvalue weighted by atomic mass is 16.5. The fourth-order valence-corrected chi connectivity index (χ4v) is 1.69. The van der Waals surface area contributed by atoms with Crippen molar-refractivity contribution >= 4 is 10.9 Å². The number of H-pyrrole nitrogens is 2. The molecule has 6 nitrogen and oxygen atoms in total. The van der Waals surface area contributed by atoms with Gasteiger partial charge >= 0.3 is 0 Å². The molecule has 0 saturated heterocycles. The van der Waals surface area contributed by atoms with Gasteiger partial charge < -0.3 is 4.74 Å². The Morgan fingerprint density at radius 3 is 3.20 bits per heavy atom. The lowest BCUT2D eigenvalue weighted by atomic mass is 10.1. The molecule has 0 aromatic carbocycles. The van der Waals surface area contributed by atoms with Crippen molar-refractivity contribution in [2.24, 2.45) is 0 Å². The van der Waals surface area contributed by atoms with Gasteiger partial charge in [0, 0.05) is 0 Å². The summed E-state index contributed by atoms with van der Waals surface area (Å²) in [5.41, 5.74) is 1.26. The molecular formula is C9H8N4O2. The molecule has 3 heterocycles. The first kappa shape index (κ1) is 8.22. The van der Waals surface area contributed by atoms with Crippen LogP contribution in [0.15, 0.2) is 23.3 Å². The predicted octanol–water partition coefficient (Wildman–Crippen LogP) is 0.274. The van der Waals surface area contributed by atoms with E-state index >= 15 is 0 Å². The minimum absolute atomic E-state index is 0.0626. The number of hydrogen-bond acceptors (Lipinski definition) is 4. The van der Waals surface area contributed by atoms with Gasteiger partial charge in [0.1, 0.15) is 0 Å².